The van der Waals surface area contributed by atoms with Crippen LogP contribution in [-0.4, -0.2) is 42.6 Å². The molecule has 2 N–H and O–H groups in total. The fourth-order valence-electron chi connectivity index (χ4n) is 3.67. The van der Waals surface area contributed by atoms with Gasteiger partial charge in [-0.25, -0.2) is 13.6 Å². The molecular weight excluding hydrogens is 314 g/mol. The molecule has 0 aromatic carbocycles. The number of carbonyl (C=O) groups is 1. The second kappa shape index (κ2) is 6.65. The zero-order valence-corrected chi connectivity index (χ0v) is 15.2. The van der Waals surface area contributed by atoms with Crippen LogP contribution in [-0.2, 0) is 10.0 Å². The highest BCUT2D eigenvalue weighted by Gasteiger charge is 2.28. The molecule has 0 aliphatic carbocycles. The van der Waals surface area contributed by atoms with Crippen molar-refractivity contribution in [2.45, 2.75) is 46.6 Å². The van der Waals surface area contributed by atoms with Gasteiger partial charge in [-0.1, -0.05) is 0 Å². The van der Waals surface area contributed by atoms with Gasteiger partial charge in [0.1, 0.15) is 0 Å². The first-order valence-corrected chi connectivity index (χ1v) is 9.80. The van der Waals surface area contributed by atoms with Crippen LogP contribution < -0.4 is 5.14 Å². The number of rotatable bonds is 4. The molecule has 130 valence electrons. The Morgan fingerprint density at radius 1 is 1.39 bits per heavy atom. The van der Waals surface area contributed by atoms with E-state index < -0.39 is 10.0 Å². The smallest absolute Gasteiger partial charge is 0.255 e. The molecule has 2 rings (SSSR count). The number of nitrogens with two attached hydrogens (primary N) is 1. The molecule has 6 nitrogen and oxygen atoms in total. The second-order valence-corrected chi connectivity index (χ2v) is 8.50. The van der Waals surface area contributed by atoms with Gasteiger partial charge < -0.3 is 9.47 Å². The average Bonchev–Trinajstić information content (AvgIpc) is 2.71. The van der Waals surface area contributed by atoms with Crippen molar-refractivity contribution in [1.29, 1.82) is 0 Å². The first kappa shape index (κ1) is 18.0. The molecule has 0 saturated carbocycles. The highest BCUT2D eigenvalue weighted by molar-refractivity contribution is 7.89. The fraction of sp³-hybridized carbons (Fsp3) is 0.688. The molecule has 1 aliphatic heterocycles. The molecule has 1 aromatic heterocycles. The Morgan fingerprint density at radius 3 is 2.57 bits per heavy atom. The Hall–Kier alpha value is -1.34. The quantitative estimate of drug-likeness (QED) is 0.906. The molecule has 0 spiro atoms. The summed E-state index contributed by atoms with van der Waals surface area (Å²) >= 11 is 0. The van der Waals surface area contributed by atoms with Crippen LogP contribution in [0.5, 0.6) is 0 Å². The number of nitrogens with zero attached hydrogens (tertiary/aromatic N) is 2. The highest BCUT2D eigenvalue weighted by Crippen LogP contribution is 2.24. The van der Waals surface area contributed by atoms with E-state index in [2.05, 4.69) is 18.4 Å². The number of aromatic nitrogens is 1. The lowest BCUT2D eigenvalue weighted by Gasteiger charge is -2.32. The number of hydrogen-bond acceptors (Lipinski definition) is 3. The first-order valence-electron chi connectivity index (χ1n) is 8.08. The summed E-state index contributed by atoms with van der Waals surface area (Å²) in [7, 11) is -3.50. The normalized spacial score (nSPS) is 19.4. The molecule has 0 bridgehead atoms. The number of primary sulfonamides is 1. The van der Waals surface area contributed by atoms with E-state index in [0.29, 0.717) is 24.7 Å². The molecule has 1 fully saturated rings. The molecule has 23 heavy (non-hydrogen) atoms. The van der Waals surface area contributed by atoms with E-state index in [1.807, 2.05) is 19.9 Å². The van der Waals surface area contributed by atoms with Gasteiger partial charge in [0.05, 0.1) is 11.3 Å². The maximum absolute atomic E-state index is 12.9. The van der Waals surface area contributed by atoms with Crippen LogP contribution in [0.1, 0.15) is 54.5 Å². The lowest BCUT2D eigenvalue weighted by Crippen LogP contribution is -2.42. The van der Waals surface area contributed by atoms with Crippen molar-refractivity contribution in [1.82, 2.24) is 9.47 Å². The summed E-state index contributed by atoms with van der Waals surface area (Å²) in [5.74, 6) is -0.137. The molecule has 1 saturated heterocycles. The number of piperidine rings is 1. The topological polar surface area (TPSA) is 85.4 Å². The minimum Gasteiger partial charge on any atom is -0.346 e. The van der Waals surface area contributed by atoms with E-state index in [9.17, 15) is 13.2 Å². The van der Waals surface area contributed by atoms with Gasteiger partial charge >= 0.3 is 0 Å². The summed E-state index contributed by atoms with van der Waals surface area (Å²) in [4.78, 5) is 14.6. The molecule has 1 aliphatic rings. The van der Waals surface area contributed by atoms with Gasteiger partial charge in [-0.2, -0.15) is 0 Å². The summed E-state index contributed by atoms with van der Waals surface area (Å²) in [6.07, 6.45) is 1.61. The molecule has 1 atom stereocenters. The van der Waals surface area contributed by atoms with Crippen LogP contribution >= 0.6 is 0 Å². The minimum absolute atomic E-state index is 0.0101. The Kier molecular flexibility index (Phi) is 5.20. The second-order valence-electron chi connectivity index (χ2n) is 6.84. The standard InChI is InChI=1S/C16H27N3O3S/c1-11(2)19-12(3)8-15(13(19)4)16(20)18-7-5-6-14(9-18)10-23(17,21)22/h8,11,14H,5-7,9-10H2,1-4H3,(H2,17,21,22). The summed E-state index contributed by atoms with van der Waals surface area (Å²) in [6.45, 7) is 9.29. The zero-order valence-electron chi connectivity index (χ0n) is 14.4. The molecule has 0 radical (unpaired) electrons. The van der Waals surface area contributed by atoms with E-state index in [4.69, 9.17) is 5.14 Å². The molecule has 1 unspecified atom stereocenters. The Balaban J connectivity index is 2.19. The van der Waals surface area contributed by atoms with Gasteiger partial charge in [0.25, 0.3) is 5.91 Å². The Bertz CT molecular complexity index is 692. The lowest BCUT2D eigenvalue weighted by atomic mass is 9.99. The first-order chi connectivity index (χ1) is 10.6. The summed E-state index contributed by atoms with van der Waals surface area (Å²) in [6, 6.07) is 2.23. The van der Waals surface area contributed by atoms with E-state index in [-0.39, 0.29) is 17.6 Å². The number of aryl methyl sites for hydroxylation is 1. The molecule has 1 amide bonds. The molecule has 1 aromatic rings. The number of likely N-dealkylation sites (tertiary alicyclic amines) is 1. The monoisotopic (exact) mass is 341 g/mol. The minimum atomic E-state index is -3.50. The summed E-state index contributed by atoms with van der Waals surface area (Å²) < 4.78 is 24.7. The maximum Gasteiger partial charge on any atom is 0.255 e. The van der Waals surface area contributed by atoms with Crippen molar-refractivity contribution in [3.8, 4) is 0 Å². The van der Waals surface area contributed by atoms with E-state index in [1.54, 1.807) is 4.90 Å². The van der Waals surface area contributed by atoms with Gasteiger partial charge in [0.15, 0.2) is 0 Å². The number of carbonyl (C=O) groups excluding carboxylic acids is 1. The van der Waals surface area contributed by atoms with Crippen molar-refractivity contribution in [2.75, 3.05) is 18.8 Å². The van der Waals surface area contributed by atoms with Crippen LogP contribution in [0.3, 0.4) is 0 Å². The predicted octanol–water partition coefficient (Wildman–Crippen LogP) is 1.83. The zero-order chi connectivity index (χ0) is 17.4. The van der Waals surface area contributed by atoms with Crippen molar-refractivity contribution < 1.29 is 13.2 Å². The van der Waals surface area contributed by atoms with Gasteiger partial charge in [-0.3, -0.25) is 4.79 Å². The third-order valence-electron chi connectivity index (χ3n) is 4.51. The van der Waals surface area contributed by atoms with E-state index in [1.165, 1.54) is 0 Å². The summed E-state index contributed by atoms with van der Waals surface area (Å²) in [5.41, 5.74) is 2.75. The number of hydrogen-bond donors (Lipinski definition) is 1. The lowest BCUT2D eigenvalue weighted by molar-refractivity contribution is 0.0683. The maximum atomic E-state index is 12.9. The van der Waals surface area contributed by atoms with Crippen LogP contribution in [0.4, 0.5) is 0 Å². The summed E-state index contributed by atoms with van der Waals surface area (Å²) in [5, 5.41) is 5.15. The van der Waals surface area contributed by atoms with E-state index >= 15 is 0 Å². The molecule has 2 heterocycles. The predicted molar refractivity (Wildman–Crippen MR) is 90.9 cm³/mol. The van der Waals surface area contributed by atoms with Crippen molar-refractivity contribution in [3.05, 3.63) is 23.0 Å². The molecule has 7 heteroatoms. The van der Waals surface area contributed by atoms with Crippen LogP contribution in [0.15, 0.2) is 6.07 Å². The number of amides is 1. The van der Waals surface area contributed by atoms with Crippen LogP contribution in [0.25, 0.3) is 0 Å². The van der Waals surface area contributed by atoms with E-state index in [0.717, 1.165) is 24.2 Å². The third-order valence-corrected chi connectivity index (χ3v) is 5.44. The van der Waals surface area contributed by atoms with Gasteiger partial charge in [-0.15, -0.1) is 0 Å². The Morgan fingerprint density at radius 2 is 2.04 bits per heavy atom. The molecular formula is C16H27N3O3S. The van der Waals surface area contributed by atoms with Crippen molar-refractivity contribution in [3.63, 3.8) is 0 Å². The van der Waals surface area contributed by atoms with Gasteiger partial charge in [0, 0.05) is 30.5 Å². The van der Waals surface area contributed by atoms with Gasteiger partial charge in [0.2, 0.25) is 10.0 Å². The average molecular weight is 341 g/mol. The van der Waals surface area contributed by atoms with Crippen LogP contribution in [0.2, 0.25) is 0 Å². The Labute approximate surface area is 138 Å². The van der Waals surface area contributed by atoms with Gasteiger partial charge in [-0.05, 0) is 52.5 Å². The highest BCUT2D eigenvalue weighted by atomic mass is 32.2. The third kappa shape index (κ3) is 4.14. The van der Waals surface area contributed by atoms with Crippen molar-refractivity contribution in [2.24, 2.45) is 11.1 Å². The SMILES string of the molecule is Cc1cc(C(=O)N2CCCC(CS(N)(=O)=O)C2)c(C)n1C(C)C. The van der Waals surface area contributed by atoms with Crippen LogP contribution in [0, 0.1) is 19.8 Å². The largest absolute Gasteiger partial charge is 0.346 e. The number of sulfonamides is 1. The van der Waals surface area contributed by atoms with Crippen molar-refractivity contribution >= 4 is 15.9 Å². The fourth-order valence-corrected chi connectivity index (χ4v) is 4.60.